The summed E-state index contributed by atoms with van der Waals surface area (Å²) in [5.74, 6) is -0.877. The average Bonchev–Trinajstić information content (AvgIpc) is 1.85. The quantitative estimate of drug-likeness (QED) is 0.588. The average molecular weight is 153 g/mol. The van der Waals surface area contributed by atoms with Crippen molar-refractivity contribution in [2.75, 3.05) is 0 Å². The van der Waals surface area contributed by atoms with E-state index in [1.54, 1.807) is 13.0 Å². The van der Waals surface area contributed by atoms with Crippen LogP contribution in [0.15, 0.2) is 23.4 Å². The van der Waals surface area contributed by atoms with Gasteiger partial charge in [-0.1, -0.05) is 6.08 Å². The molecule has 0 radical (unpaired) electrons. The molecule has 0 fully saturated rings. The second-order valence-electron chi connectivity index (χ2n) is 2.64. The first kappa shape index (κ1) is 7.85. The van der Waals surface area contributed by atoms with Gasteiger partial charge < -0.3 is 10.4 Å². The monoisotopic (exact) mass is 153 g/mol. The van der Waals surface area contributed by atoms with Crippen molar-refractivity contribution >= 4 is 5.97 Å². The molecule has 2 N–H and O–H groups in total. The molecule has 11 heavy (non-hydrogen) atoms. The van der Waals surface area contributed by atoms with E-state index in [0.29, 0.717) is 5.57 Å². The first-order valence-electron chi connectivity index (χ1n) is 3.50. The SMILES string of the molecule is CC1=C(C(=O)O)C=CC(C)N1. The molecule has 0 bridgehead atoms. The molecule has 1 rings (SSSR count). The van der Waals surface area contributed by atoms with Gasteiger partial charge in [-0.05, 0) is 19.9 Å². The summed E-state index contributed by atoms with van der Waals surface area (Å²) in [7, 11) is 0. The van der Waals surface area contributed by atoms with E-state index in [4.69, 9.17) is 5.11 Å². The van der Waals surface area contributed by atoms with Crippen molar-refractivity contribution in [1.82, 2.24) is 5.32 Å². The van der Waals surface area contributed by atoms with Gasteiger partial charge >= 0.3 is 5.97 Å². The molecule has 0 aromatic carbocycles. The summed E-state index contributed by atoms with van der Waals surface area (Å²) >= 11 is 0. The van der Waals surface area contributed by atoms with Crippen LogP contribution in [0.3, 0.4) is 0 Å². The van der Waals surface area contributed by atoms with Crippen LogP contribution in [0.2, 0.25) is 0 Å². The lowest BCUT2D eigenvalue weighted by Gasteiger charge is -2.17. The molecule has 0 saturated carbocycles. The van der Waals surface area contributed by atoms with Crippen molar-refractivity contribution in [1.29, 1.82) is 0 Å². The predicted octanol–water partition coefficient (Wildman–Crippen LogP) is 0.893. The van der Waals surface area contributed by atoms with E-state index in [0.717, 1.165) is 5.70 Å². The summed E-state index contributed by atoms with van der Waals surface area (Å²) in [6.45, 7) is 3.74. The Morgan fingerprint density at radius 3 is 2.82 bits per heavy atom. The molecule has 0 aliphatic carbocycles. The van der Waals surface area contributed by atoms with Crippen molar-refractivity contribution in [3.8, 4) is 0 Å². The molecule has 0 spiro atoms. The molecule has 0 aromatic rings. The van der Waals surface area contributed by atoms with Gasteiger partial charge in [0.25, 0.3) is 0 Å². The molecule has 1 unspecified atom stereocenters. The van der Waals surface area contributed by atoms with Gasteiger partial charge in [0.1, 0.15) is 0 Å². The molecule has 0 saturated heterocycles. The Kier molecular flexibility index (Phi) is 1.98. The van der Waals surface area contributed by atoms with Crippen LogP contribution >= 0.6 is 0 Å². The minimum absolute atomic E-state index is 0.234. The third kappa shape index (κ3) is 1.61. The maximum Gasteiger partial charge on any atom is 0.337 e. The number of hydrogen-bond acceptors (Lipinski definition) is 2. The number of carboxylic acids is 1. The molecular weight excluding hydrogens is 142 g/mol. The Balaban J connectivity index is 2.88. The zero-order valence-electron chi connectivity index (χ0n) is 6.59. The predicted molar refractivity (Wildman–Crippen MR) is 42.1 cm³/mol. The fourth-order valence-corrected chi connectivity index (χ4v) is 1.06. The van der Waals surface area contributed by atoms with Gasteiger partial charge in [0, 0.05) is 11.7 Å². The van der Waals surface area contributed by atoms with Gasteiger partial charge in [0.05, 0.1) is 5.57 Å². The fourth-order valence-electron chi connectivity index (χ4n) is 1.06. The molecule has 1 heterocycles. The summed E-state index contributed by atoms with van der Waals surface area (Å²) in [6.07, 6.45) is 3.47. The summed E-state index contributed by atoms with van der Waals surface area (Å²) in [6, 6.07) is 0.234. The van der Waals surface area contributed by atoms with E-state index in [1.807, 2.05) is 13.0 Å². The van der Waals surface area contributed by atoms with Crippen LogP contribution < -0.4 is 5.32 Å². The van der Waals surface area contributed by atoms with Crippen LogP contribution in [0.4, 0.5) is 0 Å². The Morgan fingerprint density at radius 2 is 2.36 bits per heavy atom. The van der Waals surface area contributed by atoms with Crippen molar-refractivity contribution in [2.45, 2.75) is 19.9 Å². The van der Waals surface area contributed by atoms with Crippen LogP contribution in [0.5, 0.6) is 0 Å². The van der Waals surface area contributed by atoms with Crippen molar-refractivity contribution < 1.29 is 9.90 Å². The van der Waals surface area contributed by atoms with Crippen LogP contribution in [0.25, 0.3) is 0 Å². The third-order valence-corrected chi connectivity index (χ3v) is 1.63. The lowest BCUT2D eigenvalue weighted by Crippen LogP contribution is -2.27. The number of carboxylic acid groups (broad SMARTS) is 1. The van der Waals surface area contributed by atoms with Crippen molar-refractivity contribution in [3.05, 3.63) is 23.4 Å². The summed E-state index contributed by atoms with van der Waals surface area (Å²) in [4.78, 5) is 10.5. The molecule has 0 aromatic heterocycles. The second-order valence-corrected chi connectivity index (χ2v) is 2.64. The zero-order valence-corrected chi connectivity index (χ0v) is 6.59. The highest BCUT2D eigenvalue weighted by atomic mass is 16.4. The van der Waals surface area contributed by atoms with Crippen molar-refractivity contribution in [2.24, 2.45) is 0 Å². The number of nitrogens with one attached hydrogen (secondary N) is 1. The number of hydrogen-bond donors (Lipinski definition) is 2. The minimum Gasteiger partial charge on any atom is -0.478 e. The third-order valence-electron chi connectivity index (χ3n) is 1.63. The summed E-state index contributed by atoms with van der Waals surface area (Å²) in [5, 5.41) is 11.7. The van der Waals surface area contributed by atoms with Gasteiger partial charge in [-0.2, -0.15) is 0 Å². The number of allylic oxidation sites excluding steroid dienone is 1. The first-order valence-corrected chi connectivity index (χ1v) is 3.50. The van der Waals surface area contributed by atoms with E-state index < -0.39 is 5.97 Å². The lowest BCUT2D eigenvalue weighted by atomic mass is 10.1. The normalized spacial score (nSPS) is 23.3. The molecule has 1 aliphatic rings. The van der Waals surface area contributed by atoms with Gasteiger partial charge in [-0.3, -0.25) is 0 Å². The van der Waals surface area contributed by atoms with Crippen LogP contribution in [0, 0.1) is 0 Å². The smallest absolute Gasteiger partial charge is 0.337 e. The highest BCUT2D eigenvalue weighted by molar-refractivity contribution is 5.90. The summed E-state index contributed by atoms with van der Waals surface area (Å²) < 4.78 is 0. The van der Waals surface area contributed by atoms with Gasteiger partial charge in [-0.25, -0.2) is 4.79 Å². The highest BCUT2D eigenvalue weighted by Crippen LogP contribution is 2.10. The van der Waals surface area contributed by atoms with E-state index in [1.165, 1.54) is 0 Å². The van der Waals surface area contributed by atoms with E-state index >= 15 is 0 Å². The minimum atomic E-state index is -0.877. The van der Waals surface area contributed by atoms with E-state index in [9.17, 15) is 4.79 Å². The molecule has 0 amide bonds. The Hall–Kier alpha value is -1.25. The Morgan fingerprint density at radius 1 is 1.73 bits per heavy atom. The standard InChI is InChI=1S/C8H11NO2/c1-5-3-4-7(8(10)11)6(2)9-5/h3-5,9H,1-2H3,(H,10,11). The fraction of sp³-hybridized carbons (Fsp3) is 0.375. The number of dihydropyridines is 1. The van der Waals surface area contributed by atoms with E-state index in [2.05, 4.69) is 5.32 Å². The maximum atomic E-state index is 10.5. The van der Waals surface area contributed by atoms with Gasteiger partial charge in [0.2, 0.25) is 0 Å². The molecular formula is C8H11NO2. The van der Waals surface area contributed by atoms with E-state index in [-0.39, 0.29) is 6.04 Å². The van der Waals surface area contributed by atoms with Gasteiger partial charge in [-0.15, -0.1) is 0 Å². The number of rotatable bonds is 1. The van der Waals surface area contributed by atoms with Crippen LogP contribution in [0.1, 0.15) is 13.8 Å². The van der Waals surface area contributed by atoms with Gasteiger partial charge in [0.15, 0.2) is 0 Å². The number of carbonyl (C=O) groups is 1. The maximum absolute atomic E-state index is 10.5. The molecule has 1 aliphatic heterocycles. The molecule has 60 valence electrons. The second kappa shape index (κ2) is 2.78. The lowest BCUT2D eigenvalue weighted by molar-refractivity contribution is -0.132. The van der Waals surface area contributed by atoms with Crippen LogP contribution in [-0.2, 0) is 4.79 Å². The first-order chi connectivity index (χ1) is 5.11. The highest BCUT2D eigenvalue weighted by Gasteiger charge is 2.13. The molecule has 1 atom stereocenters. The Bertz CT molecular complexity index is 240. The van der Waals surface area contributed by atoms with Crippen molar-refractivity contribution in [3.63, 3.8) is 0 Å². The molecule has 3 nitrogen and oxygen atoms in total. The summed E-state index contributed by atoms with van der Waals surface area (Å²) in [5.41, 5.74) is 1.08. The van der Waals surface area contributed by atoms with Crippen LogP contribution in [-0.4, -0.2) is 17.1 Å². The molecule has 3 heteroatoms. The zero-order chi connectivity index (χ0) is 8.43. The number of aliphatic carboxylic acids is 1. The topological polar surface area (TPSA) is 49.3 Å². The Labute approximate surface area is 65.4 Å². The largest absolute Gasteiger partial charge is 0.478 e.